The first-order chi connectivity index (χ1) is 19.8. The molecule has 186 valence electrons. The van der Waals surface area contributed by atoms with Crippen LogP contribution in [0.5, 0.6) is 0 Å². The predicted octanol–water partition coefficient (Wildman–Crippen LogP) is 11.0. The number of pyridine rings is 1. The first-order valence-electron chi connectivity index (χ1n) is 13.5. The Hall–Kier alpha value is -4.99. The third-order valence-electron chi connectivity index (χ3n) is 8.08. The Kier molecular flexibility index (Phi) is 4.52. The average Bonchev–Trinajstić information content (AvgIpc) is 3.59. The van der Waals surface area contributed by atoms with Crippen LogP contribution >= 0.6 is 11.3 Å². The molecular formula is C37H21NOS. The summed E-state index contributed by atoms with van der Waals surface area (Å²) in [5, 5.41) is 8.27. The Morgan fingerprint density at radius 3 is 2.08 bits per heavy atom. The third kappa shape index (κ3) is 3.07. The predicted molar refractivity (Wildman–Crippen MR) is 170 cm³/mol. The number of hydrogen-bond acceptors (Lipinski definition) is 3. The van der Waals surface area contributed by atoms with Gasteiger partial charge >= 0.3 is 0 Å². The van der Waals surface area contributed by atoms with Crippen molar-refractivity contribution in [3.63, 3.8) is 0 Å². The molecule has 0 amide bonds. The molecule has 2 nitrogen and oxygen atoms in total. The molecule has 0 aliphatic carbocycles. The molecule has 0 spiro atoms. The zero-order valence-electron chi connectivity index (χ0n) is 21.4. The molecule has 0 aliphatic heterocycles. The first-order valence-corrected chi connectivity index (χ1v) is 14.3. The molecule has 0 bridgehead atoms. The van der Waals surface area contributed by atoms with Crippen molar-refractivity contribution in [2.45, 2.75) is 0 Å². The number of aromatic nitrogens is 1. The molecule has 3 heterocycles. The number of benzene rings is 6. The van der Waals surface area contributed by atoms with Crippen molar-refractivity contribution in [3.8, 4) is 22.4 Å². The van der Waals surface area contributed by atoms with E-state index in [-0.39, 0.29) is 0 Å². The van der Waals surface area contributed by atoms with E-state index in [1.807, 2.05) is 23.5 Å². The number of hydrogen-bond donors (Lipinski definition) is 0. The molecule has 40 heavy (non-hydrogen) atoms. The third-order valence-corrected chi connectivity index (χ3v) is 9.30. The largest absolute Gasteiger partial charge is 0.455 e. The summed E-state index contributed by atoms with van der Waals surface area (Å²) in [6.45, 7) is 0. The Labute approximate surface area is 233 Å². The van der Waals surface area contributed by atoms with E-state index in [1.54, 1.807) is 0 Å². The SMILES string of the molecule is c1ccc2c(c1)oc1c2ccc2nc(-c3ccc(-c4cccc5c4sc4ccccc45)cc3)c3ccccc3c21. The van der Waals surface area contributed by atoms with Crippen LogP contribution in [-0.4, -0.2) is 4.98 Å². The maximum Gasteiger partial charge on any atom is 0.145 e. The van der Waals surface area contributed by atoms with Crippen molar-refractivity contribution in [2.75, 3.05) is 0 Å². The van der Waals surface area contributed by atoms with Gasteiger partial charge in [0.25, 0.3) is 0 Å². The average molecular weight is 528 g/mol. The van der Waals surface area contributed by atoms with E-state index < -0.39 is 0 Å². The minimum Gasteiger partial charge on any atom is -0.455 e. The van der Waals surface area contributed by atoms with Gasteiger partial charge in [0.2, 0.25) is 0 Å². The summed E-state index contributed by atoms with van der Waals surface area (Å²) < 4.78 is 9.06. The second-order valence-electron chi connectivity index (χ2n) is 10.3. The highest BCUT2D eigenvalue weighted by Gasteiger charge is 2.17. The number of furan rings is 1. The van der Waals surface area contributed by atoms with E-state index in [1.165, 1.54) is 31.3 Å². The molecule has 0 N–H and O–H groups in total. The van der Waals surface area contributed by atoms with Gasteiger partial charge in [-0.3, -0.25) is 0 Å². The molecule has 0 aliphatic rings. The number of rotatable bonds is 2. The summed E-state index contributed by atoms with van der Waals surface area (Å²) in [6, 6.07) is 45.2. The number of para-hydroxylation sites is 1. The molecule has 0 saturated carbocycles. The van der Waals surface area contributed by atoms with Gasteiger partial charge in [-0.1, -0.05) is 103 Å². The molecule has 6 aromatic carbocycles. The molecule has 0 radical (unpaired) electrons. The van der Waals surface area contributed by atoms with E-state index in [0.29, 0.717) is 0 Å². The van der Waals surface area contributed by atoms with E-state index >= 15 is 0 Å². The highest BCUT2D eigenvalue weighted by Crippen LogP contribution is 2.42. The van der Waals surface area contributed by atoms with Gasteiger partial charge in [-0.15, -0.1) is 11.3 Å². The van der Waals surface area contributed by atoms with Crippen LogP contribution in [0.1, 0.15) is 0 Å². The van der Waals surface area contributed by atoms with Crippen LogP contribution in [0.4, 0.5) is 0 Å². The topological polar surface area (TPSA) is 26.0 Å². The molecule has 0 unspecified atom stereocenters. The standard InChI is InChI=1S/C37H21NOS/c1-2-11-28-27(10-1)34-31(21-20-29-25-8-3-5-14-32(25)39-36(29)34)38-35(28)23-18-16-22(17-19-23)24-12-7-13-30-26-9-4-6-15-33(26)40-37(24)30/h1-21H. The minimum atomic E-state index is 0.903. The lowest BCUT2D eigenvalue weighted by Gasteiger charge is -2.11. The highest BCUT2D eigenvalue weighted by molar-refractivity contribution is 7.26. The lowest BCUT2D eigenvalue weighted by Crippen LogP contribution is -1.90. The van der Waals surface area contributed by atoms with Crippen LogP contribution in [-0.2, 0) is 0 Å². The van der Waals surface area contributed by atoms with Crippen LogP contribution in [0.15, 0.2) is 132 Å². The van der Waals surface area contributed by atoms with Crippen molar-refractivity contribution < 1.29 is 4.42 Å². The number of nitrogens with zero attached hydrogens (tertiary/aromatic N) is 1. The van der Waals surface area contributed by atoms with Crippen molar-refractivity contribution in [2.24, 2.45) is 0 Å². The lowest BCUT2D eigenvalue weighted by molar-refractivity contribution is 0.673. The van der Waals surface area contributed by atoms with E-state index in [4.69, 9.17) is 9.40 Å². The van der Waals surface area contributed by atoms with Gasteiger partial charge in [-0.2, -0.15) is 0 Å². The molecule has 0 fully saturated rings. The zero-order valence-corrected chi connectivity index (χ0v) is 22.2. The fourth-order valence-corrected chi connectivity index (χ4v) is 7.46. The van der Waals surface area contributed by atoms with Gasteiger partial charge in [0.1, 0.15) is 11.2 Å². The van der Waals surface area contributed by atoms with Crippen molar-refractivity contribution in [1.29, 1.82) is 0 Å². The van der Waals surface area contributed by atoms with Gasteiger partial charge in [0.15, 0.2) is 0 Å². The normalized spacial score (nSPS) is 12.0. The summed E-state index contributed by atoms with van der Waals surface area (Å²) in [6.07, 6.45) is 0. The zero-order chi connectivity index (χ0) is 26.2. The van der Waals surface area contributed by atoms with Crippen molar-refractivity contribution >= 4 is 75.1 Å². The van der Waals surface area contributed by atoms with Gasteiger partial charge in [0, 0.05) is 41.9 Å². The van der Waals surface area contributed by atoms with Gasteiger partial charge < -0.3 is 4.42 Å². The number of thiophene rings is 1. The summed E-state index contributed by atoms with van der Waals surface area (Å²) in [7, 11) is 0. The quantitative estimate of drug-likeness (QED) is 0.209. The van der Waals surface area contributed by atoms with Gasteiger partial charge in [0.05, 0.1) is 16.6 Å². The van der Waals surface area contributed by atoms with Crippen LogP contribution in [0.25, 0.3) is 86.2 Å². The van der Waals surface area contributed by atoms with Crippen molar-refractivity contribution in [1.82, 2.24) is 4.98 Å². The van der Waals surface area contributed by atoms with Crippen LogP contribution in [0.2, 0.25) is 0 Å². The Morgan fingerprint density at radius 1 is 0.500 bits per heavy atom. The molecule has 9 aromatic rings. The highest BCUT2D eigenvalue weighted by atomic mass is 32.1. The second kappa shape index (κ2) is 8.25. The molecule has 0 saturated heterocycles. The molecule has 0 atom stereocenters. The van der Waals surface area contributed by atoms with Crippen molar-refractivity contribution in [3.05, 3.63) is 127 Å². The molecule has 3 heteroatoms. The molecule has 9 rings (SSSR count). The fraction of sp³-hybridized carbons (Fsp3) is 0. The lowest BCUT2D eigenvalue weighted by atomic mass is 9.97. The molecule has 3 aromatic heterocycles. The molecular weight excluding hydrogens is 506 g/mol. The summed E-state index contributed by atoms with van der Waals surface area (Å²) in [5.41, 5.74) is 7.34. The maximum absolute atomic E-state index is 6.40. The van der Waals surface area contributed by atoms with Crippen LogP contribution in [0.3, 0.4) is 0 Å². The van der Waals surface area contributed by atoms with E-state index in [9.17, 15) is 0 Å². The maximum atomic E-state index is 6.40. The summed E-state index contributed by atoms with van der Waals surface area (Å²) in [5.74, 6) is 0. The Balaban J connectivity index is 1.24. The summed E-state index contributed by atoms with van der Waals surface area (Å²) >= 11 is 1.87. The number of fused-ring (bicyclic) bond motifs is 10. The van der Waals surface area contributed by atoms with Gasteiger partial charge in [-0.25, -0.2) is 4.98 Å². The van der Waals surface area contributed by atoms with Crippen LogP contribution in [0, 0.1) is 0 Å². The van der Waals surface area contributed by atoms with E-state index in [0.717, 1.165) is 54.9 Å². The van der Waals surface area contributed by atoms with E-state index in [2.05, 4.69) is 115 Å². The summed E-state index contributed by atoms with van der Waals surface area (Å²) in [4.78, 5) is 5.22. The van der Waals surface area contributed by atoms with Crippen LogP contribution < -0.4 is 0 Å². The Morgan fingerprint density at radius 2 is 1.20 bits per heavy atom. The fourth-order valence-electron chi connectivity index (χ4n) is 6.22. The van der Waals surface area contributed by atoms with Gasteiger partial charge in [-0.05, 0) is 40.8 Å². The monoisotopic (exact) mass is 527 g/mol. The smallest absolute Gasteiger partial charge is 0.145 e. The minimum absolute atomic E-state index is 0.903. The second-order valence-corrected chi connectivity index (χ2v) is 11.4. The first kappa shape index (κ1) is 21.9. The Bertz CT molecular complexity index is 2430.